The molecule has 1 aromatic rings. The van der Waals surface area contributed by atoms with Crippen LogP contribution in [0.3, 0.4) is 0 Å². The van der Waals surface area contributed by atoms with E-state index in [0.717, 1.165) is 18.9 Å². The number of carboxylic acid groups (broad SMARTS) is 1. The molecule has 0 amide bonds. The maximum atomic E-state index is 12.9. The van der Waals surface area contributed by atoms with E-state index in [2.05, 4.69) is 0 Å². The number of alkyl halides is 4. The van der Waals surface area contributed by atoms with Gasteiger partial charge in [-0.3, -0.25) is 0 Å². The van der Waals surface area contributed by atoms with Crippen LogP contribution in [0.2, 0.25) is 0 Å². The third-order valence-corrected chi connectivity index (χ3v) is 5.13. The van der Waals surface area contributed by atoms with Gasteiger partial charge in [0.15, 0.2) is 3.55 Å². The van der Waals surface area contributed by atoms with Crippen LogP contribution in [0.1, 0.15) is 24.8 Å². The van der Waals surface area contributed by atoms with Gasteiger partial charge >= 0.3 is 12.1 Å². The molecule has 0 radical (unpaired) electrons. The van der Waals surface area contributed by atoms with Gasteiger partial charge in [0.2, 0.25) is 0 Å². The number of nitrogens with two attached hydrogens (primary N) is 1. The van der Waals surface area contributed by atoms with E-state index in [0.29, 0.717) is 13.0 Å². The van der Waals surface area contributed by atoms with E-state index in [4.69, 9.17) is 5.73 Å². The van der Waals surface area contributed by atoms with Crippen LogP contribution in [0.5, 0.6) is 0 Å². The van der Waals surface area contributed by atoms with Gasteiger partial charge in [0.05, 0.1) is 5.56 Å². The predicted octanol–water partition coefficient (Wildman–Crippen LogP) is 3.49. The minimum absolute atomic E-state index is 0.230. The molecule has 0 saturated carbocycles. The number of piperidine rings is 1. The number of rotatable bonds is 2. The van der Waals surface area contributed by atoms with Crippen molar-refractivity contribution in [1.29, 1.82) is 0 Å². The number of halogens is 4. The fraction of sp³-hybridized carbons (Fsp3) is 0.462. The number of anilines is 2. The van der Waals surface area contributed by atoms with E-state index >= 15 is 0 Å². The zero-order chi connectivity index (χ0) is 15.8. The molecule has 1 fully saturated rings. The van der Waals surface area contributed by atoms with Gasteiger partial charge in [-0.15, -0.1) is 0 Å². The molecule has 21 heavy (non-hydrogen) atoms. The lowest BCUT2D eigenvalue weighted by Gasteiger charge is -2.42. The van der Waals surface area contributed by atoms with Crippen LogP contribution in [0, 0.1) is 0 Å². The second-order valence-corrected chi connectivity index (χ2v) is 6.73. The molecule has 1 atom stereocenters. The first-order valence-corrected chi connectivity index (χ1v) is 7.41. The van der Waals surface area contributed by atoms with Crippen molar-refractivity contribution in [2.45, 2.75) is 29.0 Å². The molecule has 3 N–H and O–H groups in total. The molecule has 1 aliphatic heterocycles. The molecule has 8 heteroatoms. The van der Waals surface area contributed by atoms with Gasteiger partial charge in [-0.2, -0.15) is 13.2 Å². The van der Waals surface area contributed by atoms with E-state index in [9.17, 15) is 23.1 Å². The maximum absolute atomic E-state index is 12.9. The Morgan fingerprint density at radius 2 is 2.05 bits per heavy atom. The Morgan fingerprint density at radius 3 is 2.62 bits per heavy atom. The third kappa shape index (κ3) is 3.04. The van der Waals surface area contributed by atoms with Gasteiger partial charge < -0.3 is 15.7 Å². The monoisotopic (exact) mass is 414 g/mol. The molecule has 1 aliphatic rings. The summed E-state index contributed by atoms with van der Waals surface area (Å²) in [6, 6.07) is 3.54. The summed E-state index contributed by atoms with van der Waals surface area (Å²) in [5.74, 6) is -1.05. The minimum Gasteiger partial charge on any atom is -0.479 e. The van der Waals surface area contributed by atoms with Crippen molar-refractivity contribution in [3.8, 4) is 0 Å². The van der Waals surface area contributed by atoms with Crippen LogP contribution in [0.4, 0.5) is 24.5 Å². The SMILES string of the molecule is Nc1ccc(N2CCCCC2(I)C(=O)O)cc1C(F)(F)F. The molecule has 1 saturated heterocycles. The average molecular weight is 414 g/mol. The summed E-state index contributed by atoms with van der Waals surface area (Å²) in [5.41, 5.74) is 4.31. The van der Waals surface area contributed by atoms with E-state index in [-0.39, 0.29) is 11.4 Å². The third-order valence-electron chi connectivity index (χ3n) is 3.55. The molecule has 116 valence electrons. The Bertz CT molecular complexity index is 565. The molecular formula is C13H14F3IN2O2. The molecule has 0 aromatic heterocycles. The summed E-state index contributed by atoms with van der Waals surface area (Å²) < 4.78 is 37.6. The quantitative estimate of drug-likeness (QED) is 0.337. The van der Waals surface area contributed by atoms with Gasteiger partial charge in [-0.25, -0.2) is 4.79 Å². The van der Waals surface area contributed by atoms with Crippen LogP contribution in [0.15, 0.2) is 18.2 Å². The first-order valence-electron chi connectivity index (χ1n) is 6.33. The lowest BCUT2D eigenvalue weighted by molar-refractivity contribution is -0.139. The number of nitrogen functional groups attached to an aromatic ring is 1. The summed E-state index contributed by atoms with van der Waals surface area (Å²) in [7, 11) is 0. The van der Waals surface area contributed by atoms with E-state index in [1.165, 1.54) is 17.0 Å². The van der Waals surface area contributed by atoms with Gasteiger partial charge in [0.25, 0.3) is 0 Å². The smallest absolute Gasteiger partial charge is 0.418 e. The van der Waals surface area contributed by atoms with Crippen LogP contribution < -0.4 is 10.6 Å². The maximum Gasteiger partial charge on any atom is 0.418 e. The second kappa shape index (κ2) is 5.54. The van der Waals surface area contributed by atoms with E-state index in [1.807, 2.05) is 0 Å². The summed E-state index contributed by atoms with van der Waals surface area (Å²) in [5, 5.41) is 9.42. The highest BCUT2D eigenvalue weighted by Crippen LogP contribution is 2.41. The number of carboxylic acids is 1. The molecule has 1 unspecified atom stereocenters. The van der Waals surface area contributed by atoms with Crippen molar-refractivity contribution in [2.75, 3.05) is 17.2 Å². The topological polar surface area (TPSA) is 66.6 Å². The Hall–Kier alpha value is -1.19. The summed E-state index contributed by atoms with van der Waals surface area (Å²) >= 11 is 1.80. The van der Waals surface area contributed by atoms with E-state index < -0.39 is 21.3 Å². The largest absolute Gasteiger partial charge is 0.479 e. The molecule has 0 aliphatic carbocycles. The van der Waals surface area contributed by atoms with Gasteiger partial charge in [-0.05, 0) is 60.1 Å². The normalized spacial score (nSPS) is 23.1. The van der Waals surface area contributed by atoms with Crippen LogP contribution in [0.25, 0.3) is 0 Å². The summed E-state index contributed by atoms with van der Waals surface area (Å²) in [6.45, 7) is 0.399. The van der Waals surface area contributed by atoms with Crippen molar-refractivity contribution >= 4 is 39.9 Å². The van der Waals surface area contributed by atoms with Crippen LogP contribution >= 0.6 is 22.6 Å². The standard InChI is InChI=1S/C13H14F3IN2O2/c14-13(15,16)9-7-8(3-4-10(9)18)19-6-2-1-5-12(19,17)11(20)21/h3-4,7H,1-2,5-6,18H2,(H,20,21). The number of benzene rings is 1. The van der Waals surface area contributed by atoms with Crippen molar-refractivity contribution in [1.82, 2.24) is 0 Å². The number of hydrogen-bond donors (Lipinski definition) is 2. The summed E-state index contributed by atoms with van der Waals surface area (Å²) in [4.78, 5) is 13.0. The number of carbonyl (C=O) groups is 1. The Morgan fingerprint density at radius 1 is 1.38 bits per heavy atom. The second-order valence-electron chi connectivity index (χ2n) is 4.94. The summed E-state index contributed by atoms with van der Waals surface area (Å²) in [6.07, 6.45) is -2.71. The molecule has 2 rings (SSSR count). The zero-order valence-corrected chi connectivity index (χ0v) is 13.1. The molecule has 0 spiro atoms. The molecular weight excluding hydrogens is 400 g/mol. The average Bonchev–Trinajstić information content (AvgIpc) is 2.38. The van der Waals surface area contributed by atoms with Crippen molar-refractivity contribution in [3.05, 3.63) is 23.8 Å². The Balaban J connectivity index is 2.47. The number of aliphatic carboxylic acids is 1. The number of nitrogens with zero attached hydrogens (tertiary/aromatic N) is 1. The molecule has 1 heterocycles. The van der Waals surface area contributed by atoms with Crippen molar-refractivity contribution in [2.24, 2.45) is 0 Å². The predicted molar refractivity (Wildman–Crippen MR) is 81.4 cm³/mol. The lowest BCUT2D eigenvalue weighted by Crippen LogP contribution is -2.53. The van der Waals surface area contributed by atoms with Gasteiger partial charge in [-0.1, -0.05) is 0 Å². The number of hydrogen-bond acceptors (Lipinski definition) is 3. The highest BCUT2D eigenvalue weighted by atomic mass is 127. The molecule has 4 nitrogen and oxygen atoms in total. The highest BCUT2D eigenvalue weighted by molar-refractivity contribution is 14.1. The van der Waals surface area contributed by atoms with E-state index in [1.54, 1.807) is 22.6 Å². The lowest BCUT2D eigenvalue weighted by atomic mass is 10.0. The Kier molecular flexibility index (Phi) is 4.27. The molecule has 0 bridgehead atoms. The van der Waals surface area contributed by atoms with Crippen molar-refractivity contribution < 1.29 is 23.1 Å². The zero-order valence-electron chi connectivity index (χ0n) is 11.0. The fourth-order valence-corrected chi connectivity index (χ4v) is 3.36. The van der Waals surface area contributed by atoms with Crippen LogP contribution in [-0.2, 0) is 11.0 Å². The highest BCUT2D eigenvalue weighted by Gasteiger charge is 2.44. The molecule has 1 aromatic carbocycles. The first-order chi connectivity index (χ1) is 9.66. The van der Waals surface area contributed by atoms with Gasteiger partial charge in [0.1, 0.15) is 0 Å². The fourth-order valence-electron chi connectivity index (χ4n) is 2.46. The first kappa shape index (κ1) is 16.2. The minimum atomic E-state index is -4.56. The van der Waals surface area contributed by atoms with Crippen LogP contribution in [-0.4, -0.2) is 21.2 Å². The van der Waals surface area contributed by atoms with Gasteiger partial charge in [0, 0.05) is 17.9 Å². The Labute approximate surface area is 133 Å². The van der Waals surface area contributed by atoms with Crippen molar-refractivity contribution in [3.63, 3.8) is 0 Å².